The maximum absolute atomic E-state index is 13.6. The van der Waals surface area contributed by atoms with Crippen LogP contribution in [0.5, 0.6) is 5.75 Å². The highest BCUT2D eigenvalue weighted by molar-refractivity contribution is 6.35. The van der Waals surface area contributed by atoms with Gasteiger partial charge in [-0.2, -0.15) is 0 Å². The van der Waals surface area contributed by atoms with Crippen molar-refractivity contribution in [3.8, 4) is 5.75 Å². The first-order valence-electron chi connectivity index (χ1n) is 12.0. The minimum absolute atomic E-state index is 0.0178. The van der Waals surface area contributed by atoms with Crippen molar-refractivity contribution in [3.63, 3.8) is 0 Å². The molecule has 0 unspecified atom stereocenters. The lowest BCUT2D eigenvalue weighted by Gasteiger charge is -2.32. The Morgan fingerprint density at radius 2 is 1.69 bits per heavy atom. The van der Waals surface area contributed by atoms with Crippen LogP contribution < -0.4 is 10.1 Å². The first-order valence-corrected chi connectivity index (χ1v) is 12.8. The molecule has 3 aromatic rings. The normalized spacial score (nSPS) is 12.5. The summed E-state index contributed by atoms with van der Waals surface area (Å²) in [6.45, 7) is 5.96. The molecular weight excluding hydrogens is 495 g/mol. The zero-order valence-corrected chi connectivity index (χ0v) is 22.4. The number of hydrogen-bond acceptors (Lipinski definition) is 3. The van der Waals surface area contributed by atoms with Gasteiger partial charge in [-0.15, -0.1) is 0 Å². The fourth-order valence-corrected chi connectivity index (χ4v) is 4.28. The molecule has 0 saturated heterocycles. The van der Waals surface area contributed by atoms with Crippen molar-refractivity contribution in [1.29, 1.82) is 0 Å². The highest BCUT2D eigenvalue weighted by Crippen LogP contribution is 2.27. The molecule has 0 aromatic heterocycles. The number of amides is 2. The van der Waals surface area contributed by atoms with Crippen LogP contribution in [-0.2, 0) is 22.6 Å². The van der Waals surface area contributed by atoms with E-state index in [2.05, 4.69) is 5.32 Å². The lowest BCUT2D eigenvalue weighted by atomic mass is 10.0. The van der Waals surface area contributed by atoms with E-state index in [4.69, 9.17) is 27.9 Å². The zero-order chi connectivity index (χ0) is 26.1. The number of ether oxygens (including phenoxy) is 1. The molecule has 0 bridgehead atoms. The minimum Gasteiger partial charge on any atom is -0.482 e. The number of carbonyl (C=O) groups excluding carboxylic acids is 2. The van der Waals surface area contributed by atoms with Gasteiger partial charge in [-0.25, -0.2) is 0 Å². The predicted molar refractivity (Wildman–Crippen MR) is 146 cm³/mol. The Bertz CT molecular complexity index is 1170. The summed E-state index contributed by atoms with van der Waals surface area (Å²) in [5, 5.41) is 3.85. The molecule has 36 heavy (non-hydrogen) atoms. The summed E-state index contributed by atoms with van der Waals surface area (Å²) in [7, 11) is 0. The van der Waals surface area contributed by atoms with E-state index in [-0.39, 0.29) is 31.0 Å². The van der Waals surface area contributed by atoms with E-state index < -0.39 is 6.04 Å². The van der Waals surface area contributed by atoms with Crippen molar-refractivity contribution >= 4 is 35.0 Å². The van der Waals surface area contributed by atoms with Crippen LogP contribution in [0, 0.1) is 6.92 Å². The summed E-state index contributed by atoms with van der Waals surface area (Å²) >= 11 is 12.2. The fraction of sp³-hybridized carbons (Fsp3) is 0.310. The Labute approximate surface area is 223 Å². The Morgan fingerprint density at radius 1 is 0.972 bits per heavy atom. The third kappa shape index (κ3) is 8.00. The Balaban J connectivity index is 1.92. The van der Waals surface area contributed by atoms with E-state index in [9.17, 15) is 9.59 Å². The average Bonchev–Trinajstić information content (AvgIpc) is 2.86. The number of halogens is 2. The molecule has 0 radical (unpaired) electrons. The minimum atomic E-state index is -0.723. The van der Waals surface area contributed by atoms with Crippen LogP contribution >= 0.6 is 23.2 Å². The van der Waals surface area contributed by atoms with E-state index in [0.717, 1.165) is 23.1 Å². The maximum atomic E-state index is 13.6. The molecule has 0 heterocycles. The molecule has 0 aliphatic rings. The van der Waals surface area contributed by atoms with E-state index >= 15 is 0 Å². The van der Waals surface area contributed by atoms with Crippen LogP contribution in [0.4, 0.5) is 0 Å². The largest absolute Gasteiger partial charge is 0.482 e. The number of hydrogen-bond donors (Lipinski definition) is 1. The van der Waals surface area contributed by atoms with E-state index in [1.54, 1.807) is 23.1 Å². The van der Waals surface area contributed by atoms with Crippen molar-refractivity contribution in [2.24, 2.45) is 0 Å². The highest BCUT2D eigenvalue weighted by atomic mass is 35.5. The summed E-state index contributed by atoms with van der Waals surface area (Å²) in [6.07, 6.45) is 1.16. The number of rotatable bonds is 11. The van der Waals surface area contributed by atoms with Gasteiger partial charge in [-0.1, -0.05) is 90.3 Å². The SMILES string of the molecule is CC[C@H](C)NC(=O)[C@H](Cc1ccccc1)N(Cc1cccc(C)c1)C(=O)COc1ccc(Cl)cc1Cl. The molecule has 0 spiro atoms. The van der Waals surface area contributed by atoms with Gasteiger partial charge in [-0.3, -0.25) is 9.59 Å². The van der Waals surface area contributed by atoms with Gasteiger partial charge in [0.15, 0.2) is 6.61 Å². The van der Waals surface area contributed by atoms with Gasteiger partial charge >= 0.3 is 0 Å². The first kappa shape index (κ1) is 27.6. The zero-order valence-electron chi connectivity index (χ0n) is 20.8. The van der Waals surface area contributed by atoms with E-state index in [1.165, 1.54) is 0 Å². The summed E-state index contributed by atoms with van der Waals surface area (Å²) in [6, 6.07) is 21.7. The van der Waals surface area contributed by atoms with Crippen molar-refractivity contribution < 1.29 is 14.3 Å². The van der Waals surface area contributed by atoms with Crippen LogP contribution in [0.2, 0.25) is 10.0 Å². The third-order valence-electron chi connectivity index (χ3n) is 5.95. The summed E-state index contributed by atoms with van der Waals surface area (Å²) in [5.41, 5.74) is 2.97. The number of carbonyl (C=O) groups is 2. The molecule has 190 valence electrons. The Kier molecular flexibility index (Phi) is 10.2. The average molecular weight is 527 g/mol. The number of nitrogens with zero attached hydrogens (tertiary/aromatic N) is 1. The molecule has 0 aliphatic carbocycles. The van der Waals surface area contributed by atoms with Crippen LogP contribution in [0.25, 0.3) is 0 Å². The monoisotopic (exact) mass is 526 g/mol. The van der Waals surface area contributed by atoms with Gasteiger partial charge in [0.05, 0.1) is 5.02 Å². The van der Waals surface area contributed by atoms with Gasteiger partial charge in [0.2, 0.25) is 5.91 Å². The number of benzene rings is 3. The third-order valence-corrected chi connectivity index (χ3v) is 6.48. The first-order chi connectivity index (χ1) is 17.3. The smallest absolute Gasteiger partial charge is 0.261 e. The second kappa shape index (κ2) is 13.3. The van der Waals surface area contributed by atoms with Crippen molar-refractivity contribution in [2.75, 3.05) is 6.61 Å². The van der Waals surface area contributed by atoms with Gasteiger partial charge in [-0.05, 0) is 49.6 Å². The Morgan fingerprint density at radius 3 is 2.36 bits per heavy atom. The standard InChI is InChI=1S/C29H32Cl2N2O3/c1-4-21(3)32-29(35)26(16-22-10-6-5-7-11-22)33(18-23-12-8-9-20(2)15-23)28(34)19-36-27-14-13-24(30)17-25(27)31/h5-15,17,21,26H,4,16,18-19H2,1-3H3,(H,32,35)/t21-,26-/m0/s1. The summed E-state index contributed by atoms with van der Waals surface area (Å²) in [5.74, 6) is -0.157. The molecular formula is C29H32Cl2N2O3. The topological polar surface area (TPSA) is 58.6 Å². The quantitative estimate of drug-likeness (QED) is 0.322. The summed E-state index contributed by atoms with van der Waals surface area (Å²) in [4.78, 5) is 28.7. The number of nitrogens with one attached hydrogen (secondary N) is 1. The van der Waals surface area contributed by atoms with Crippen molar-refractivity contribution in [1.82, 2.24) is 10.2 Å². The molecule has 1 N–H and O–H groups in total. The number of aryl methyl sites for hydroxylation is 1. The molecule has 2 amide bonds. The maximum Gasteiger partial charge on any atom is 0.261 e. The van der Waals surface area contributed by atoms with Crippen LogP contribution in [0.1, 0.15) is 37.0 Å². The van der Waals surface area contributed by atoms with Gasteiger partial charge in [0, 0.05) is 24.0 Å². The molecule has 0 saturated carbocycles. The molecule has 5 nitrogen and oxygen atoms in total. The second-order valence-corrected chi connectivity index (χ2v) is 9.74. The second-order valence-electron chi connectivity index (χ2n) is 8.90. The van der Waals surface area contributed by atoms with Gasteiger partial charge < -0.3 is 15.0 Å². The molecule has 0 aliphatic heterocycles. The summed E-state index contributed by atoms with van der Waals surface area (Å²) < 4.78 is 5.76. The van der Waals surface area contributed by atoms with Gasteiger partial charge in [0.25, 0.3) is 5.91 Å². The molecule has 7 heteroatoms. The van der Waals surface area contributed by atoms with Crippen molar-refractivity contribution in [3.05, 3.63) is 99.5 Å². The lowest BCUT2D eigenvalue weighted by Crippen LogP contribution is -2.53. The van der Waals surface area contributed by atoms with E-state index in [0.29, 0.717) is 22.2 Å². The van der Waals surface area contributed by atoms with Crippen molar-refractivity contribution in [2.45, 2.75) is 52.2 Å². The predicted octanol–water partition coefficient (Wildman–Crippen LogP) is 6.24. The van der Waals surface area contributed by atoms with Crippen LogP contribution in [0.15, 0.2) is 72.8 Å². The fourth-order valence-electron chi connectivity index (χ4n) is 3.82. The van der Waals surface area contributed by atoms with Crippen LogP contribution in [0.3, 0.4) is 0 Å². The van der Waals surface area contributed by atoms with Crippen LogP contribution in [-0.4, -0.2) is 35.4 Å². The van der Waals surface area contributed by atoms with Gasteiger partial charge in [0.1, 0.15) is 11.8 Å². The van der Waals surface area contributed by atoms with E-state index in [1.807, 2.05) is 75.4 Å². The lowest BCUT2D eigenvalue weighted by molar-refractivity contribution is -0.143. The molecule has 0 fully saturated rings. The molecule has 2 atom stereocenters. The molecule has 3 aromatic carbocycles. The highest BCUT2D eigenvalue weighted by Gasteiger charge is 2.31. The molecule has 3 rings (SSSR count). The Hall–Kier alpha value is -3.02.